The molecule has 0 aliphatic carbocycles. The molecular weight excluding hydrogens is 278 g/mol. The second-order valence-electron chi connectivity index (χ2n) is 5.92. The highest BCUT2D eigenvalue weighted by Crippen LogP contribution is 2.14. The summed E-state index contributed by atoms with van der Waals surface area (Å²) in [5.41, 5.74) is 0.394. The van der Waals surface area contributed by atoms with E-state index >= 15 is 0 Å². The average Bonchev–Trinajstić information content (AvgIpc) is 2.50. The molecule has 0 N–H and O–H groups in total. The normalized spacial score (nSPS) is 11.6. The van der Waals surface area contributed by atoms with E-state index in [-0.39, 0.29) is 4.92 Å². The van der Waals surface area contributed by atoms with E-state index in [1.165, 1.54) is 25.7 Å². The molecule has 4 heteroatoms. The van der Waals surface area contributed by atoms with E-state index in [1.54, 1.807) is 0 Å². The first kappa shape index (κ1) is 20.8. The second kappa shape index (κ2) is 16.2. The summed E-state index contributed by atoms with van der Waals surface area (Å²) in [6.07, 6.45) is 17.7. The highest BCUT2D eigenvalue weighted by Gasteiger charge is 2.09. The Kier molecular flexibility index (Phi) is 15.3. The molecule has 0 bridgehead atoms. The SMILES string of the molecule is CCCCCCCC/C(=C\CCCCCCC[C]=O)[N+](=O)[O-]. The molecule has 4 nitrogen and oxygen atoms in total. The number of rotatable bonds is 16. The molecule has 0 amide bonds. The van der Waals surface area contributed by atoms with Crippen LogP contribution in [0.1, 0.15) is 96.8 Å². The van der Waals surface area contributed by atoms with Crippen molar-refractivity contribution < 1.29 is 9.72 Å². The quantitative estimate of drug-likeness (QED) is 0.207. The molecule has 0 aliphatic rings. The van der Waals surface area contributed by atoms with Gasteiger partial charge in [-0.05, 0) is 31.8 Å². The second-order valence-corrected chi connectivity index (χ2v) is 5.92. The molecule has 0 rings (SSSR count). The van der Waals surface area contributed by atoms with Gasteiger partial charge in [0.25, 0.3) is 0 Å². The third-order valence-corrected chi connectivity index (χ3v) is 3.88. The summed E-state index contributed by atoms with van der Waals surface area (Å²) in [6, 6.07) is 0. The number of nitrogens with zero attached hydrogens (tertiary/aromatic N) is 1. The maximum atomic E-state index is 11.0. The van der Waals surface area contributed by atoms with Crippen LogP contribution in [0.5, 0.6) is 0 Å². The minimum atomic E-state index is -0.216. The standard InChI is InChI=1S/C18H32NO3/c1-2-3-4-5-9-12-15-18(19(21)22)16-13-10-7-6-8-11-14-17-20/h16H,2-15H2,1H3/b18-16+. The molecule has 1 radical (unpaired) electrons. The van der Waals surface area contributed by atoms with Crippen molar-refractivity contribution in [3.05, 3.63) is 21.9 Å². The minimum Gasteiger partial charge on any atom is -0.291 e. The maximum Gasteiger partial charge on any atom is 0.242 e. The summed E-state index contributed by atoms with van der Waals surface area (Å²) < 4.78 is 0. The summed E-state index contributed by atoms with van der Waals surface area (Å²) in [7, 11) is 0. The van der Waals surface area contributed by atoms with Crippen molar-refractivity contribution in [2.75, 3.05) is 0 Å². The van der Waals surface area contributed by atoms with Crippen LogP contribution in [0.2, 0.25) is 0 Å². The van der Waals surface area contributed by atoms with E-state index in [1.807, 2.05) is 12.4 Å². The lowest BCUT2D eigenvalue weighted by Crippen LogP contribution is -1.99. The maximum absolute atomic E-state index is 11.0. The molecular formula is C18H32NO3. The van der Waals surface area contributed by atoms with E-state index in [2.05, 4.69) is 6.92 Å². The molecule has 0 saturated heterocycles. The molecule has 0 saturated carbocycles. The molecule has 0 fully saturated rings. The largest absolute Gasteiger partial charge is 0.291 e. The van der Waals surface area contributed by atoms with Crippen LogP contribution in [0, 0.1) is 10.1 Å². The summed E-state index contributed by atoms with van der Waals surface area (Å²) in [5, 5.41) is 11.0. The fourth-order valence-corrected chi connectivity index (χ4v) is 2.49. The van der Waals surface area contributed by atoms with Crippen molar-refractivity contribution in [1.29, 1.82) is 0 Å². The van der Waals surface area contributed by atoms with Crippen molar-refractivity contribution in [3.8, 4) is 0 Å². The van der Waals surface area contributed by atoms with Crippen LogP contribution < -0.4 is 0 Å². The molecule has 127 valence electrons. The molecule has 0 aliphatic heterocycles. The Morgan fingerprint density at radius 2 is 1.55 bits per heavy atom. The molecule has 22 heavy (non-hydrogen) atoms. The Balaban J connectivity index is 3.68. The predicted octanol–water partition coefficient (Wildman–Crippen LogP) is 5.74. The molecule has 0 spiro atoms. The number of carbonyl (C=O) groups excluding carboxylic acids is 1. The van der Waals surface area contributed by atoms with Crippen LogP contribution in [-0.4, -0.2) is 11.2 Å². The monoisotopic (exact) mass is 310 g/mol. The van der Waals surface area contributed by atoms with Crippen LogP contribution in [0.15, 0.2) is 11.8 Å². The van der Waals surface area contributed by atoms with Gasteiger partial charge in [-0.1, -0.05) is 58.3 Å². The van der Waals surface area contributed by atoms with Gasteiger partial charge in [0.15, 0.2) is 6.29 Å². The number of nitro groups is 1. The van der Waals surface area contributed by atoms with Gasteiger partial charge in [-0.15, -0.1) is 0 Å². The van der Waals surface area contributed by atoms with E-state index in [0.717, 1.165) is 51.4 Å². The van der Waals surface area contributed by atoms with Gasteiger partial charge in [0.2, 0.25) is 5.70 Å². The number of allylic oxidation sites excluding steroid dienone is 2. The smallest absolute Gasteiger partial charge is 0.242 e. The summed E-state index contributed by atoms with van der Waals surface area (Å²) in [4.78, 5) is 20.8. The Morgan fingerprint density at radius 1 is 0.955 bits per heavy atom. The van der Waals surface area contributed by atoms with Crippen molar-refractivity contribution in [1.82, 2.24) is 0 Å². The third-order valence-electron chi connectivity index (χ3n) is 3.88. The van der Waals surface area contributed by atoms with Crippen molar-refractivity contribution in [3.63, 3.8) is 0 Å². The Labute approximate surface area is 135 Å². The van der Waals surface area contributed by atoms with Gasteiger partial charge in [0.05, 0.1) is 4.92 Å². The first-order valence-electron chi connectivity index (χ1n) is 8.90. The Bertz CT molecular complexity index is 313. The topological polar surface area (TPSA) is 60.2 Å². The van der Waals surface area contributed by atoms with Gasteiger partial charge < -0.3 is 0 Å². The van der Waals surface area contributed by atoms with Crippen LogP contribution in [0.3, 0.4) is 0 Å². The van der Waals surface area contributed by atoms with Crippen LogP contribution in [0.25, 0.3) is 0 Å². The molecule has 0 atom stereocenters. The molecule has 0 aromatic carbocycles. The first-order chi connectivity index (χ1) is 10.7. The Morgan fingerprint density at radius 3 is 2.18 bits per heavy atom. The highest BCUT2D eigenvalue weighted by atomic mass is 16.6. The zero-order chi connectivity index (χ0) is 16.5. The van der Waals surface area contributed by atoms with Crippen molar-refractivity contribution in [2.24, 2.45) is 0 Å². The zero-order valence-electron chi connectivity index (χ0n) is 14.1. The highest BCUT2D eigenvalue weighted by molar-refractivity contribution is 5.50. The lowest BCUT2D eigenvalue weighted by Gasteiger charge is -2.01. The van der Waals surface area contributed by atoms with Crippen molar-refractivity contribution in [2.45, 2.75) is 96.8 Å². The Hall–Kier alpha value is -1.19. The number of hydrogen-bond acceptors (Lipinski definition) is 3. The summed E-state index contributed by atoms with van der Waals surface area (Å²) in [5.74, 6) is 0. The van der Waals surface area contributed by atoms with E-state index in [0.29, 0.717) is 18.5 Å². The lowest BCUT2D eigenvalue weighted by molar-refractivity contribution is -0.428. The van der Waals surface area contributed by atoms with Gasteiger partial charge in [-0.25, -0.2) is 0 Å². The van der Waals surface area contributed by atoms with Gasteiger partial charge >= 0.3 is 0 Å². The van der Waals surface area contributed by atoms with E-state index in [9.17, 15) is 14.9 Å². The summed E-state index contributed by atoms with van der Waals surface area (Å²) in [6.45, 7) is 2.19. The van der Waals surface area contributed by atoms with Gasteiger partial charge in [0.1, 0.15) is 0 Å². The molecule has 0 aromatic rings. The molecule has 0 unspecified atom stereocenters. The number of unbranched alkanes of at least 4 members (excludes halogenated alkanes) is 11. The average molecular weight is 310 g/mol. The van der Waals surface area contributed by atoms with E-state index in [4.69, 9.17) is 0 Å². The summed E-state index contributed by atoms with van der Waals surface area (Å²) >= 11 is 0. The van der Waals surface area contributed by atoms with Crippen molar-refractivity contribution >= 4 is 6.29 Å². The van der Waals surface area contributed by atoms with Gasteiger partial charge in [-0.3, -0.25) is 14.9 Å². The van der Waals surface area contributed by atoms with Crippen LogP contribution >= 0.6 is 0 Å². The molecule has 0 aromatic heterocycles. The predicted molar refractivity (Wildman–Crippen MR) is 91.1 cm³/mol. The van der Waals surface area contributed by atoms with Crippen LogP contribution in [-0.2, 0) is 4.79 Å². The molecule has 0 heterocycles. The van der Waals surface area contributed by atoms with Crippen LogP contribution in [0.4, 0.5) is 0 Å². The third kappa shape index (κ3) is 13.8. The number of hydrogen-bond donors (Lipinski definition) is 0. The van der Waals surface area contributed by atoms with Gasteiger partial charge in [-0.2, -0.15) is 0 Å². The lowest BCUT2D eigenvalue weighted by atomic mass is 10.1. The zero-order valence-corrected chi connectivity index (χ0v) is 14.1. The first-order valence-corrected chi connectivity index (χ1v) is 8.90. The fourth-order valence-electron chi connectivity index (χ4n) is 2.49. The van der Waals surface area contributed by atoms with E-state index < -0.39 is 0 Å². The van der Waals surface area contributed by atoms with Gasteiger partial charge in [0, 0.05) is 12.8 Å². The minimum absolute atomic E-state index is 0.216. The fraction of sp³-hybridized carbons (Fsp3) is 0.833.